The predicted molar refractivity (Wildman–Crippen MR) is 112 cm³/mol. The van der Waals surface area contributed by atoms with E-state index >= 15 is 0 Å². The zero-order valence-corrected chi connectivity index (χ0v) is 18.0. The lowest BCUT2D eigenvalue weighted by atomic mass is 9.80. The number of carbonyl (C=O) groups is 1. The van der Waals surface area contributed by atoms with E-state index in [1.54, 1.807) is 24.5 Å². The first-order valence-electron chi connectivity index (χ1n) is 10.5. The predicted octanol–water partition coefficient (Wildman–Crippen LogP) is 3.37. The number of aromatic nitrogens is 2. The van der Waals surface area contributed by atoms with Gasteiger partial charge in [-0.2, -0.15) is 13.2 Å². The number of piperidine rings is 1. The number of likely N-dealkylation sites (tertiary alicyclic amines) is 1. The summed E-state index contributed by atoms with van der Waals surface area (Å²) in [6, 6.07) is 6.84. The maximum absolute atomic E-state index is 13.2. The molecule has 2 aliphatic heterocycles. The van der Waals surface area contributed by atoms with Crippen molar-refractivity contribution in [1.29, 1.82) is 0 Å². The van der Waals surface area contributed by atoms with Crippen LogP contribution in [0.1, 0.15) is 18.4 Å². The number of carboxylic acid groups (broad SMARTS) is 1. The van der Waals surface area contributed by atoms with Crippen molar-refractivity contribution in [2.24, 2.45) is 5.41 Å². The van der Waals surface area contributed by atoms with Gasteiger partial charge >= 0.3 is 12.1 Å². The molecule has 1 spiro atoms. The molecule has 1 atom stereocenters. The molecule has 1 N–H and O–H groups in total. The van der Waals surface area contributed by atoms with E-state index in [1.807, 2.05) is 18.3 Å². The van der Waals surface area contributed by atoms with Crippen LogP contribution in [-0.2, 0) is 16.1 Å². The average molecular weight is 470 g/mol. The fraction of sp³-hybridized carbons (Fsp3) is 0.500. The fourth-order valence-corrected chi connectivity index (χ4v) is 4.18. The van der Waals surface area contributed by atoms with E-state index in [2.05, 4.69) is 19.8 Å². The SMILES string of the molecule is Fc1ccc(CN2CCCC3(COCCN(c4cnccn4)C3)C2)cc1.O=C(O)C(F)(F)F. The summed E-state index contributed by atoms with van der Waals surface area (Å²) in [5.41, 5.74) is 1.26. The summed E-state index contributed by atoms with van der Waals surface area (Å²) < 4.78 is 50.9. The third kappa shape index (κ3) is 7.36. The highest BCUT2D eigenvalue weighted by molar-refractivity contribution is 5.73. The number of hydrogen-bond acceptors (Lipinski definition) is 6. The number of hydrogen-bond donors (Lipinski definition) is 1. The molecule has 0 saturated carbocycles. The van der Waals surface area contributed by atoms with Crippen molar-refractivity contribution in [3.05, 3.63) is 54.2 Å². The molecular weight excluding hydrogens is 444 g/mol. The van der Waals surface area contributed by atoms with Crippen LogP contribution in [0.4, 0.5) is 23.4 Å². The van der Waals surface area contributed by atoms with Gasteiger partial charge in [-0.15, -0.1) is 0 Å². The number of ether oxygens (including phenoxy) is 1. The van der Waals surface area contributed by atoms with Crippen LogP contribution in [0, 0.1) is 11.2 Å². The van der Waals surface area contributed by atoms with Gasteiger partial charge in [0.15, 0.2) is 0 Å². The lowest BCUT2D eigenvalue weighted by Gasteiger charge is -2.43. The molecule has 7 nitrogen and oxygen atoms in total. The first-order valence-corrected chi connectivity index (χ1v) is 10.5. The van der Waals surface area contributed by atoms with Gasteiger partial charge in [0.2, 0.25) is 0 Å². The maximum Gasteiger partial charge on any atom is 0.490 e. The minimum Gasteiger partial charge on any atom is -0.475 e. The van der Waals surface area contributed by atoms with E-state index in [0.29, 0.717) is 0 Å². The van der Waals surface area contributed by atoms with Crippen molar-refractivity contribution in [1.82, 2.24) is 14.9 Å². The molecule has 0 amide bonds. The summed E-state index contributed by atoms with van der Waals surface area (Å²) in [4.78, 5) is 22.4. The molecule has 2 aromatic rings. The monoisotopic (exact) mass is 470 g/mol. The molecule has 2 fully saturated rings. The Kier molecular flexibility index (Phi) is 8.20. The third-order valence-electron chi connectivity index (χ3n) is 5.62. The van der Waals surface area contributed by atoms with Crippen LogP contribution in [0.3, 0.4) is 0 Å². The Hall–Kier alpha value is -2.79. The van der Waals surface area contributed by atoms with Crippen LogP contribution in [0.2, 0.25) is 0 Å². The number of benzene rings is 1. The maximum atomic E-state index is 13.2. The van der Waals surface area contributed by atoms with Crippen molar-refractivity contribution in [2.45, 2.75) is 25.6 Å². The number of aliphatic carboxylic acids is 1. The molecule has 2 saturated heterocycles. The Morgan fingerprint density at radius 1 is 1.15 bits per heavy atom. The van der Waals surface area contributed by atoms with Crippen molar-refractivity contribution in [2.75, 3.05) is 44.3 Å². The van der Waals surface area contributed by atoms with Crippen LogP contribution in [-0.4, -0.2) is 71.5 Å². The fourth-order valence-electron chi connectivity index (χ4n) is 4.18. The highest BCUT2D eigenvalue weighted by Gasteiger charge is 2.39. The molecule has 0 radical (unpaired) electrons. The zero-order chi connectivity index (χ0) is 23.9. The van der Waals surface area contributed by atoms with Crippen LogP contribution in [0.5, 0.6) is 0 Å². The van der Waals surface area contributed by atoms with Gasteiger partial charge in [-0.25, -0.2) is 14.2 Å². The standard InChI is InChI=1S/C20H25FN4O.C2HF3O2/c21-18-4-2-17(3-5-18)13-24-9-1-6-20(14-24)15-25(10-11-26-16-20)19-12-22-7-8-23-19;3-2(4,5)1(6)7/h2-5,7-8,12H,1,6,9-11,13-16H2;(H,6,7). The Morgan fingerprint density at radius 3 is 2.52 bits per heavy atom. The molecule has 33 heavy (non-hydrogen) atoms. The summed E-state index contributed by atoms with van der Waals surface area (Å²) in [5, 5.41) is 7.12. The van der Waals surface area contributed by atoms with Crippen LogP contribution >= 0.6 is 0 Å². The molecule has 1 unspecified atom stereocenters. The van der Waals surface area contributed by atoms with E-state index in [1.165, 1.54) is 0 Å². The third-order valence-corrected chi connectivity index (χ3v) is 5.62. The summed E-state index contributed by atoms with van der Waals surface area (Å²) in [5.74, 6) is -2.01. The first-order chi connectivity index (χ1) is 15.7. The van der Waals surface area contributed by atoms with Gasteiger partial charge < -0.3 is 14.7 Å². The molecule has 0 bridgehead atoms. The summed E-state index contributed by atoms with van der Waals surface area (Å²) in [6.07, 6.45) is 2.51. The summed E-state index contributed by atoms with van der Waals surface area (Å²) in [6.45, 7) is 6.20. The van der Waals surface area contributed by atoms with Crippen LogP contribution in [0.15, 0.2) is 42.9 Å². The normalized spacial score (nSPS) is 21.8. The van der Waals surface area contributed by atoms with Crippen LogP contribution < -0.4 is 4.90 Å². The lowest BCUT2D eigenvalue weighted by molar-refractivity contribution is -0.192. The number of anilines is 1. The Morgan fingerprint density at radius 2 is 1.88 bits per heavy atom. The number of halogens is 4. The second kappa shape index (κ2) is 10.9. The molecular formula is C22H26F4N4O3. The second-order valence-corrected chi connectivity index (χ2v) is 8.28. The van der Waals surface area contributed by atoms with Crippen LogP contribution in [0.25, 0.3) is 0 Å². The van der Waals surface area contributed by atoms with E-state index in [0.717, 1.165) is 70.2 Å². The molecule has 1 aromatic heterocycles. The van der Waals surface area contributed by atoms with E-state index in [9.17, 15) is 17.6 Å². The van der Waals surface area contributed by atoms with Gasteiger partial charge in [-0.05, 0) is 37.1 Å². The minimum absolute atomic E-state index is 0.103. The quantitative estimate of drug-likeness (QED) is 0.690. The molecule has 3 heterocycles. The molecule has 1 aromatic carbocycles. The van der Waals surface area contributed by atoms with E-state index in [-0.39, 0.29) is 11.2 Å². The molecule has 2 aliphatic rings. The number of rotatable bonds is 3. The first kappa shape index (κ1) is 24.8. The summed E-state index contributed by atoms with van der Waals surface area (Å²) in [7, 11) is 0. The largest absolute Gasteiger partial charge is 0.490 e. The van der Waals surface area contributed by atoms with Gasteiger partial charge in [0.25, 0.3) is 0 Å². The highest BCUT2D eigenvalue weighted by atomic mass is 19.4. The van der Waals surface area contributed by atoms with Crippen molar-refractivity contribution in [3.63, 3.8) is 0 Å². The van der Waals surface area contributed by atoms with Gasteiger partial charge in [-0.3, -0.25) is 9.88 Å². The Labute approximate surface area is 189 Å². The van der Waals surface area contributed by atoms with E-state index in [4.69, 9.17) is 14.6 Å². The summed E-state index contributed by atoms with van der Waals surface area (Å²) >= 11 is 0. The van der Waals surface area contributed by atoms with Crippen molar-refractivity contribution in [3.8, 4) is 0 Å². The van der Waals surface area contributed by atoms with Crippen molar-refractivity contribution < 1.29 is 32.2 Å². The number of alkyl halides is 3. The number of carboxylic acids is 1. The molecule has 180 valence electrons. The van der Waals surface area contributed by atoms with Gasteiger partial charge in [0, 0.05) is 44.0 Å². The minimum atomic E-state index is -5.08. The van der Waals surface area contributed by atoms with E-state index < -0.39 is 12.1 Å². The lowest BCUT2D eigenvalue weighted by Crippen LogP contribution is -2.50. The molecule has 0 aliphatic carbocycles. The molecule has 4 rings (SSSR count). The van der Waals surface area contributed by atoms with Crippen molar-refractivity contribution >= 4 is 11.8 Å². The van der Waals surface area contributed by atoms with Gasteiger partial charge in [0.1, 0.15) is 11.6 Å². The number of nitrogens with zero attached hydrogens (tertiary/aromatic N) is 4. The Balaban J connectivity index is 0.000000383. The average Bonchev–Trinajstić information content (AvgIpc) is 2.98. The second-order valence-electron chi connectivity index (χ2n) is 8.28. The molecule has 11 heteroatoms. The van der Waals surface area contributed by atoms with Gasteiger partial charge in [-0.1, -0.05) is 12.1 Å². The highest BCUT2D eigenvalue weighted by Crippen LogP contribution is 2.34. The Bertz CT molecular complexity index is 899. The zero-order valence-electron chi connectivity index (χ0n) is 18.0. The van der Waals surface area contributed by atoms with Gasteiger partial charge in [0.05, 0.1) is 19.4 Å². The topological polar surface area (TPSA) is 78.8 Å². The smallest absolute Gasteiger partial charge is 0.475 e.